The topological polar surface area (TPSA) is 80.8 Å². The van der Waals surface area contributed by atoms with Gasteiger partial charge in [0.2, 0.25) is 0 Å². The standard InChI is InChI=1S/C28H27NO5S/c30-26(29-24-14-6-4-10-21(24)16-17-22-11-5-7-15-25(22)29)20-34-27(31)28(18-8-9-19-28)35(32,33)23-12-2-1-3-13-23/h1-7,10-15H,8-9,16-20H2. The van der Waals surface area contributed by atoms with E-state index in [1.165, 1.54) is 12.1 Å². The van der Waals surface area contributed by atoms with Crippen LogP contribution in [0.5, 0.6) is 0 Å². The second-order valence-corrected chi connectivity index (χ2v) is 11.3. The number of carbonyl (C=O) groups excluding carboxylic acids is 2. The van der Waals surface area contributed by atoms with E-state index in [2.05, 4.69) is 0 Å². The smallest absolute Gasteiger partial charge is 0.328 e. The SMILES string of the molecule is O=C(COC(=O)C1(S(=O)(=O)c2ccccc2)CCCC1)N1c2ccccc2CCc2ccccc21. The Hall–Kier alpha value is -3.45. The van der Waals surface area contributed by atoms with Crippen LogP contribution in [0.3, 0.4) is 0 Å². The van der Waals surface area contributed by atoms with E-state index in [4.69, 9.17) is 4.74 Å². The number of ether oxygens (including phenoxy) is 1. The molecule has 7 heteroatoms. The third kappa shape index (κ3) is 4.04. The number of sulfone groups is 1. The van der Waals surface area contributed by atoms with Crippen molar-refractivity contribution in [3.8, 4) is 0 Å². The molecule has 0 aromatic heterocycles. The number of esters is 1. The number of carbonyl (C=O) groups is 2. The molecular formula is C28H27NO5S. The molecule has 0 saturated heterocycles. The maximum atomic E-state index is 13.5. The number of amides is 1. The molecule has 2 aliphatic rings. The number of rotatable bonds is 5. The predicted octanol–water partition coefficient (Wildman–Crippen LogP) is 4.78. The molecule has 0 radical (unpaired) electrons. The molecule has 0 spiro atoms. The Morgan fingerprint density at radius 3 is 1.86 bits per heavy atom. The summed E-state index contributed by atoms with van der Waals surface area (Å²) in [6.07, 6.45) is 3.17. The number of aryl methyl sites for hydroxylation is 2. The minimum atomic E-state index is -3.97. The highest BCUT2D eigenvalue weighted by atomic mass is 32.2. The normalized spacial score (nSPS) is 16.6. The molecule has 1 aliphatic heterocycles. The summed E-state index contributed by atoms with van der Waals surface area (Å²) in [7, 11) is -3.97. The van der Waals surface area contributed by atoms with E-state index in [-0.39, 0.29) is 17.7 Å². The Morgan fingerprint density at radius 1 is 0.771 bits per heavy atom. The summed E-state index contributed by atoms with van der Waals surface area (Å²) in [6, 6.07) is 23.4. The first-order valence-electron chi connectivity index (χ1n) is 11.9. The van der Waals surface area contributed by atoms with Crippen molar-refractivity contribution in [2.24, 2.45) is 0 Å². The molecule has 6 nitrogen and oxygen atoms in total. The maximum absolute atomic E-state index is 13.5. The fraction of sp³-hybridized carbons (Fsp3) is 0.286. The number of hydrogen-bond acceptors (Lipinski definition) is 5. The van der Waals surface area contributed by atoms with E-state index in [1.807, 2.05) is 48.5 Å². The summed E-state index contributed by atoms with van der Waals surface area (Å²) >= 11 is 0. The lowest BCUT2D eigenvalue weighted by molar-refractivity contribution is -0.150. The van der Waals surface area contributed by atoms with E-state index in [0.717, 1.165) is 35.3 Å². The first-order valence-corrected chi connectivity index (χ1v) is 13.4. The minimum Gasteiger partial charge on any atom is -0.454 e. The Labute approximate surface area is 205 Å². The molecular weight excluding hydrogens is 462 g/mol. The molecule has 0 N–H and O–H groups in total. The van der Waals surface area contributed by atoms with Gasteiger partial charge in [-0.15, -0.1) is 0 Å². The van der Waals surface area contributed by atoms with E-state index in [1.54, 1.807) is 23.1 Å². The van der Waals surface area contributed by atoms with Gasteiger partial charge in [0.25, 0.3) is 5.91 Å². The molecule has 0 unspecified atom stereocenters. The van der Waals surface area contributed by atoms with Gasteiger partial charge >= 0.3 is 5.97 Å². The maximum Gasteiger partial charge on any atom is 0.328 e. The molecule has 35 heavy (non-hydrogen) atoms. The highest BCUT2D eigenvalue weighted by Crippen LogP contribution is 2.42. The Morgan fingerprint density at radius 2 is 1.29 bits per heavy atom. The number of para-hydroxylation sites is 2. The molecule has 1 amide bonds. The largest absolute Gasteiger partial charge is 0.454 e. The second kappa shape index (κ2) is 9.30. The van der Waals surface area contributed by atoms with Gasteiger partial charge in [-0.25, -0.2) is 8.42 Å². The molecule has 0 atom stereocenters. The van der Waals surface area contributed by atoms with Gasteiger partial charge in [-0.1, -0.05) is 67.4 Å². The predicted molar refractivity (Wildman–Crippen MR) is 133 cm³/mol. The van der Waals surface area contributed by atoms with Gasteiger partial charge in [0, 0.05) is 0 Å². The van der Waals surface area contributed by atoms with Gasteiger partial charge in [0.05, 0.1) is 16.3 Å². The summed E-state index contributed by atoms with van der Waals surface area (Å²) in [6.45, 7) is -0.534. The highest BCUT2D eigenvalue weighted by molar-refractivity contribution is 7.93. The first-order chi connectivity index (χ1) is 16.9. The molecule has 0 bridgehead atoms. The van der Waals surface area contributed by atoms with Gasteiger partial charge in [-0.05, 0) is 61.1 Å². The zero-order valence-corrected chi connectivity index (χ0v) is 20.2. The van der Waals surface area contributed by atoms with Crippen LogP contribution in [0.4, 0.5) is 11.4 Å². The molecule has 5 rings (SSSR count). The zero-order valence-electron chi connectivity index (χ0n) is 19.4. The lowest BCUT2D eigenvalue weighted by atomic mass is 10.0. The highest BCUT2D eigenvalue weighted by Gasteiger charge is 2.54. The summed E-state index contributed by atoms with van der Waals surface area (Å²) in [5.41, 5.74) is 3.57. The van der Waals surface area contributed by atoms with Crippen LogP contribution in [0, 0.1) is 0 Å². The lowest BCUT2D eigenvalue weighted by Crippen LogP contribution is -2.46. The number of anilines is 2. The van der Waals surface area contributed by atoms with Gasteiger partial charge in [-0.2, -0.15) is 0 Å². The molecule has 180 valence electrons. The average Bonchev–Trinajstić information content (AvgIpc) is 3.34. The Balaban J connectivity index is 1.43. The molecule has 1 fully saturated rings. The van der Waals surface area contributed by atoms with Crippen molar-refractivity contribution in [2.75, 3.05) is 11.5 Å². The molecule has 1 heterocycles. The van der Waals surface area contributed by atoms with Crippen LogP contribution in [0.2, 0.25) is 0 Å². The van der Waals surface area contributed by atoms with Crippen molar-refractivity contribution in [1.82, 2.24) is 0 Å². The van der Waals surface area contributed by atoms with E-state index in [9.17, 15) is 18.0 Å². The van der Waals surface area contributed by atoms with Crippen molar-refractivity contribution in [1.29, 1.82) is 0 Å². The van der Waals surface area contributed by atoms with Crippen molar-refractivity contribution >= 4 is 33.1 Å². The average molecular weight is 490 g/mol. The van der Waals surface area contributed by atoms with Gasteiger partial charge < -0.3 is 4.74 Å². The Bertz CT molecular complexity index is 1310. The van der Waals surface area contributed by atoms with E-state index < -0.39 is 33.1 Å². The van der Waals surface area contributed by atoms with Crippen LogP contribution in [0.25, 0.3) is 0 Å². The fourth-order valence-electron chi connectivity index (χ4n) is 5.23. The molecule has 3 aromatic rings. The van der Waals surface area contributed by atoms with E-state index >= 15 is 0 Å². The second-order valence-electron chi connectivity index (χ2n) is 9.08. The first kappa shape index (κ1) is 23.3. The van der Waals surface area contributed by atoms with Gasteiger partial charge in [0.15, 0.2) is 21.2 Å². The van der Waals surface area contributed by atoms with Crippen LogP contribution in [-0.2, 0) is 37.0 Å². The fourth-order valence-corrected chi connectivity index (χ4v) is 7.30. The minimum absolute atomic E-state index is 0.0977. The summed E-state index contributed by atoms with van der Waals surface area (Å²) < 4.78 is 30.9. The molecule has 1 aliphatic carbocycles. The molecule has 1 saturated carbocycles. The summed E-state index contributed by atoms with van der Waals surface area (Å²) in [5, 5.41) is 0. The van der Waals surface area contributed by atoms with Gasteiger partial charge in [-0.3, -0.25) is 14.5 Å². The van der Waals surface area contributed by atoms with Gasteiger partial charge in [0.1, 0.15) is 0 Å². The van der Waals surface area contributed by atoms with Crippen LogP contribution in [-0.4, -0.2) is 31.6 Å². The van der Waals surface area contributed by atoms with Crippen LogP contribution >= 0.6 is 0 Å². The number of benzene rings is 3. The molecule has 3 aromatic carbocycles. The summed E-state index contributed by atoms with van der Waals surface area (Å²) in [4.78, 5) is 28.6. The van der Waals surface area contributed by atoms with E-state index in [0.29, 0.717) is 12.8 Å². The van der Waals surface area contributed by atoms with Crippen molar-refractivity contribution < 1.29 is 22.7 Å². The lowest BCUT2D eigenvalue weighted by Gasteiger charge is -2.28. The van der Waals surface area contributed by atoms with Crippen LogP contribution < -0.4 is 4.90 Å². The number of nitrogens with zero attached hydrogens (tertiary/aromatic N) is 1. The Kier molecular flexibility index (Phi) is 6.19. The number of fused-ring (bicyclic) bond motifs is 2. The van der Waals surface area contributed by atoms with Crippen molar-refractivity contribution in [3.05, 3.63) is 90.0 Å². The van der Waals surface area contributed by atoms with Crippen LogP contribution in [0.15, 0.2) is 83.8 Å². The number of hydrogen-bond donors (Lipinski definition) is 0. The van der Waals surface area contributed by atoms with Crippen molar-refractivity contribution in [3.63, 3.8) is 0 Å². The monoisotopic (exact) mass is 489 g/mol. The summed E-state index contributed by atoms with van der Waals surface area (Å²) in [5.74, 6) is -1.26. The van der Waals surface area contributed by atoms with Crippen molar-refractivity contribution in [2.45, 2.75) is 48.2 Å². The zero-order chi connectivity index (χ0) is 24.5. The quantitative estimate of drug-likeness (QED) is 0.482. The third-order valence-electron chi connectivity index (χ3n) is 7.06. The third-order valence-corrected chi connectivity index (χ3v) is 9.55. The van der Waals surface area contributed by atoms with Crippen LogP contribution in [0.1, 0.15) is 36.8 Å².